The highest BCUT2D eigenvalue weighted by Crippen LogP contribution is 2.48. The van der Waals surface area contributed by atoms with Gasteiger partial charge in [0.1, 0.15) is 15.6 Å². The molecule has 170 valence electrons. The second-order valence-electron chi connectivity index (χ2n) is 8.09. The molecule has 0 atom stereocenters. The van der Waals surface area contributed by atoms with E-state index in [1.165, 1.54) is 12.1 Å². The van der Waals surface area contributed by atoms with Gasteiger partial charge in [-0.3, -0.25) is 13.9 Å². The monoisotopic (exact) mass is 490 g/mol. The summed E-state index contributed by atoms with van der Waals surface area (Å²) < 4.78 is 68.5. The molecule has 0 saturated carbocycles. The average Bonchev–Trinajstić information content (AvgIpc) is 3.13. The Labute approximate surface area is 184 Å². The number of rotatable bonds is 8. The van der Waals surface area contributed by atoms with Crippen molar-refractivity contribution >= 4 is 59.0 Å². The van der Waals surface area contributed by atoms with Crippen molar-refractivity contribution in [2.75, 3.05) is 6.54 Å². The number of hydrogen-bond donors (Lipinski definition) is 3. The largest absolute Gasteiger partial charge is 0.481 e. The maximum Gasteiger partial charge on any atom is 0.304 e. The fraction of sp³-hybridized carbons (Fsp3) is 0.474. The second-order valence-corrected chi connectivity index (χ2v) is 12.2. The van der Waals surface area contributed by atoms with Crippen LogP contribution in [0.3, 0.4) is 0 Å². The van der Waals surface area contributed by atoms with Crippen LogP contribution >= 0.6 is 11.3 Å². The molecule has 3 N–H and O–H groups in total. The van der Waals surface area contributed by atoms with Crippen LogP contribution in [0.4, 0.5) is 5.69 Å². The molecule has 12 heteroatoms. The van der Waals surface area contributed by atoms with Gasteiger partial charge in [0.2, 0.25) is 5.69 Å². The summed E-state index contributed by atoms with van der Waals surface area (Å²) in [6.45, 7) is 6.27. The molecular formula is C19H24NO8S3+. The molecule has 9 nitrogen and oxygen atoms in total. The number of carbonyl (C=O) groups is 1. The fourth-order valence-corrected chi connectivity index (χ4v) is 6.83. The zero-order chi connectivity index (χ0) is 23.4. The highest BCUT2D eigenvalue weighted by molar-refractivity contribution is 7.88. The molecular weight excluding hydrogens is 466 g/mol. The van der Waals surface area contributed by atoms with E-state index in [0.29, 0.717) is 53.8 Å². The van der Waals surface area contributed by atoms with Gasteiger partial charge in [-0.2, -0.15) is 21.4 Å². The predicted molar refractivity (Wildman–Crippen MR) is 116 cm³/mol. The minimum Gasteiger partial charge on any atom is -0.481 e. The van der Waals surface area contributed by atoms with Crippen molar-refractivity contribution in [3.8, 4) is 0 Å². The van der Waals surface area contributed by atoms with Gasteiger partial charge in [0.15, 0.2) is 5.71 Å². The summed E-state index contributed by atoms with van der Waals surface area (Å²) in [6.07, 6.45) is 1.94. The third-order valence-corrected chi connectivity index (χ3v) is 9.23. The number of fused-ring (bicyclic) bond motifs is 3. The Hall–Kier alpha value is -1.86. The summed E-state index contributed by atoms with van der Waals surface area (Å²) in [7, 11) is -9.23. The molecule has 1 aliphatic rings. The van der Waals surface area contributed by atoms with Gasteiger partial charge in [0.05, 0.1) is 10.1 Å². The number of thiophene rings is 1. The van der Waals surface area contributed by atoms with E-state index >= 15 is 0 Å². The molecule has 1 aromatic carbocycles. The van der Waals surface area contributed by atoms with Crippen LogP contribution in [-0.4, -0.2) is 53.8 Å². The Morgan fingerprint density at radius 1 is 1.06 bits per heavy atom. The highest BCUT2D eigenvalue weighted by Gasteiger charge is 2.46. The van der Waals surface area contributed by atoms with Crippen molar-refractivity contribution in [1.82, 2.24) is 0 Å². The van der Waals surface area contributed by atoms with Crippen molar-refractivity contribution in [3.63, 3.8) is 0 Å². The molecule has 0 aliphatic carbocycles. The summed E-state index contributed by atoms with van der Waals surface area (Å²) in [4.78, 5) is 10.3. The summed E-state index contributed by atoms with van der Waals surface area (Å²) in [6, 6.07) is 2.58. The van der Waals surface area contributed by atoms with Crippen LogP contribution in [0.2, 0.25) is 0 Å². The lowest BCUT2D eigenvalue weighted by Gasteiger charge is -2.16. The van der Waals surface area contributed by atoms with E-state index < -0.39 is 40.7 Å². The lowest BCUT2D eigenvalue weighted by atomic mass is 9.80. The second kappa shape index (κ2) is 7.93. The van der Waals surface area contributed by atoms with Crippen LogP contribution < -0.4 is 0 Å². The first-order valence-corrected chi connectivity index (χ1v) is 13.2. The molecule has 31 heavy (non-hydrogen) atoms. The van der Waals surface area contributed by atoms with Gasteiger partial charge in [0, 0.05) is 36.8 Å². The number of carboxylic acid groups (broad SMARTS) is 1. The zero-order valence-electron chi connectivity index (χ0n) is 17.2. The highest BCUT2D eigenvalue weighted by atomic mass is 32.3. The number of unbranched alkanes of at least 4 members (excludes halogenated alkanes) is 2. The van der Waals surface area contributed by atoms with E-state index in [2.05, 4.69) is 0 Å². The molecule has 0 fully saturated rings. The molecule has 3 rings (SSSR count). The number of aliphatic carboxylic acids is 1. The molecule has 0 bridgehead atoms. The van der Waals surface area contributed by atoms with E-state index in [-0.39, 0.29) is 11.1 Å². The smallest absolute Gasteiger partial charge is 0.304 e. The molecule has 2 aromatic rings. The molecule has 0 amide bonds. The van der Waals surface area contributed by atoms with Crippen LogP contribution in [0.5, 0.6) is 0 Å². The van der Waals surface area contributed by atoms with E-state index in [4.69, 9.17) is 5.11 Å². The van der Waals surface area contributed by atoms with Crippen LogP contribution in [0.1, 0.15) is 52.0 Å². The van der Waals surface area contributed by atoms with Crippen molar-refractivity contribution in [2.45, 2.75) is 61.0 Å². The molecule has 0 saturated heterocycles. The van der Waals surface area contributed by atoms with Gasteiger partial charge in [0.25, 0.3) is 10.1 Å². The minimum atomic E-state index is -4.67. The van der Waals surface area contributed by atoms with Crippen molar-refractivity contribution in [1.29, 1.82) is 0 Å². The van der Waals surface area contributed by atoms with Crippen molar-refractivity contribution in [2.24, 2.45) is 0 Å². The number of nitrogens with zero attached hydrogens (tertiary/aromatic N) is 1. The summed E-state index contributed by atoms with van der Waals surface area (Å²) >= 11 is 0.594. The quantitative estimate of drug-likeness (QED) is 0.289. The van der Waals surface area contributed by atoms with Crippen LogP contribution in [0, 0.1) is 0 Å². The molecule has 0 unspecified atom stereocenters. The van der Waals surface area contributed by atoms with Crippen molar-refractivity contribution < 1.29 is 40.4 Å². The van der Waals surface area contributed by atoms with Gasteiger partial charge in [-0.05, 0) is 32.8 Å². The standard InChI is InChI=1S/C19H23NO8S3/c1-11-19(2,3)17-12-9-16(31(26,27)28)29-18(12)14(30(23,24)25)10-13(17)20(11)8-6-4-5-7-15(21)22/h9-10H,4-8H2,1-3H3,(H2-,21,22,23,24,25,26,27,28)/p+1. The Balaban J connectivity index is 2.18. The first-order valence-electron chi connectivity index (χ1n) is 9.55. The normalized spacial score (nSPS) is 16.2. The first kappa shape index (κ1) is 23.8. The average molecular weight is 491 g/mol. The van der Waals surface area contributed by atoms with E-state index in [1.54, 1.807) is 0 Å². The molecule has 0 radical (unpaired) electrons. The van der Waals surface area contributed by atoms with Crippen LogP contribution in [-0.2, 0) is 30.4 Å². The molecule has 2 heterocycles. The SMILES string of the molecule is CC1=[N+](CCCCCC(=O)O)c2cc(S(=O)(=O)O)c3sc(S(=O)(=O)O)cc3c2C1(C)C. The fourth-order valence-electron chi connectivity index (χ4n) is 4.04. The topological polar surface area (TPSA) is 149 Å². The summed E-state index contributed by atoms with van der Waals surface area (Å²) in [5.41, 5.74) is 1.60. The third kappa shape index (κ3) is 4.40. The van der Waals surface area contributed by atoms with Gasteiger partial charge < -0.3 is 5.11 Å². The molecule has 1 aliphatic heterocycles. The number of benzene rings is 1. The Kier molecular flexibility index (Phi) is 6.08. The Morgan fingerprint density at radius 3 is 2.26 bits per heavy atom. The summed E-state index contributed by atoms with van der Waals surface area (Å²) in [5.74, 6) is -0.859. The van der Waals surface area contributed by atoms with E-state index in [9.17, 15) is 30.7 Å². The van der Waals surface area contributed by atoms with Gasteiger partial charge in [-0.15, -0.1) is 11.3 Å². The summed E-state index contributed by atoms with van der Waals surface area (Å²) in [5, 5.41) is 9.12. The third-order valence-electron chi connectivity index (χ3n) is 5.76. The Bertz CT molecular complexity index is 1320. The zero-order valence-corrected chi connectivity index (χ0v) is 19.7. The van der Waals surface area contributed by atoms with Crippen molar-refractivity contribution in [3.05, 3.63) is 17.7 Å². The maximum atomic E-state index is 12.1. The van der Waals surface area contributed by atoms with Crippen LogP contribution in [0.25, 0.3) is 10.1 Å². The molecule has 1 aromatic heterocycles. The Morgan fingerprint density at radius 2 is 1.71 bits per heavy atom. The number of carboxylic acids is 1. The first-order chi connectivity index (χ1) is 14.2. The lowest BCUT2D eigenvalue weighted by Crippen LogP contribution is -2.26. The minimum absolute atomic E-state index is 0.0676. The molecule has 0 spiro atoms. The van der Waals surface area contributed by atoms with Gasteiger partial charge in [-0.25, -0.2) is 0 Å². The number of hydrogen-bond acceptors (Lipinski definition) is 6. The predicted octanol–water partition coefficient (Wildman–Crippen LogP) is 3.44. The lowest BCUT2D eigenvalue weighted by molar-refractivity contribution is -0.439. The maximum absolute atomic E-state index is 12.1. The van der Waals surface area contributed by atoms with Crippen LogP contribution in [0.15, 0.2) is 21.2 Å². The van der Waals surface area contributed by atoms with E-state index in [0.717, 1.165) is 5.71 Å². The van der Waals surface area contributed by atoms with Gasteiger partial charge >= 0.3 is 16.1 Å². The van der Waals surface area contributed by atoms with Gasteiger partial charge in [-0.1, -0.05) is 0 Å². The van der Waals surface area contributed by atoms with E-state index in [1.807, 2.05) is 25.3 Å².